The van der Waals surface area contributed by atoms with E-state index in [0.717, 1.165) is 19.3 Å². The van der Waals surface area contributed by atoms with Crippen LogP contribution >= 0.6 is 0 Å². The lowest BCUT2D eigenvalue weighted by molar-refractivity contribution is 0.223. The Labute approximate surface area is 145 Å². The normalized spacial score (nSPS) is 21.0. The highest BCUT2D eigenvalue weighted by atomic mass is 32.2. The third-order valence-corrected chi connectivity index (χ3v) is 7.44. The van der Waals surface area contributed by atoms with Gasteiger partial charge in [0, 0.05) is 12.1 Å². The molecule has 0 aliphatic carbocycles. The highest BCUT2D eigenvalue weighted by Crippen LogP contribution is 2.45. The van der Waals surface area contributed by atoms with Crippen LogP contribution in [0.5, 0.6) is 0 Å². The van der Waals surface area contributed by atoms with Crippen LogP contribution in [-0.4, -0.2) is 24.8 Å². The van der Waals surface area contributed by atoms with Gasteiger partial charge in [-0.2, -0.15) is 4.31 Å². The molecule has 4 heteroatoms. The van der Waals surface area contributed by atoms with E-state index < -0.39 is 10.0 Å². The molecule has 1 unspecified atom stereocenters. The Morgan fingerprint density at radius 2 is 1.50 bits per heavy atom. The molecule has 0 aromatic heterocycles. The van der Waals surface area contributed by atoms with E-state index in [4.69, 9.17) is 0 Å². The molecule has 0 radical (unpaired) electrons. The minimum Gasteiger partial charge on any atom is -0.207 e. The quantitative estimate of drug-likeness (QED) is 0.806. The van der Waals surface area contributed by atoms with Crippen molar-refractivity contribution in [3.8, 4) is 0 Å². The van der Waals surface area contributed by atoms with Crippen LogP contribution in [0.3, 0.4) is 0 Å². The highest BCUT2D eigenvalue weighted by Gasteiger charge is 2.49. The van der Waals surface area contributed by atoms with E-state index in [2.05, 4.69) is 26.0 Å². The van der Waals surface area contributed by atoms with E-state index in [1.54, 1.807) is 28.6 Å². The van der Waals surface area contributed by atoms with Gasteiger partial charge >= 0.3 is 0 Å². The van der Waals surface area contributed by atoms with Crippen LogP contribution in [0, 0.1) is 0 Å². The van der Waals surface area contributed by atoms with E-state index in [-0.39, 0.29) is 11.5 Å². The smallest absolute Gasteiger partial charge is 0.207 e. The third-order valence-electron chi connectivity index (χ3n) is 5.46. The van der Waals surface area contributed by atoms with Crippen molar-refractivity contribution in [1.29, 1.82) is 0 Å². The number of benzene rings is 2. The molecule has 1 heterocycles. The Bertz CT molecular complexity index is 768. The van der Waals surface area contributed by atoms with Crippen LogP contribution in [0.4, 0.5) is 0 Å². The van der Waals surface area contributed by atoms with Gasteiger partial charge in [-0.05, 0) is 42.9 Å². The molecule has 0 spiro atoms. The summed E-state index contributed by atoms with van der Waals surface area (Å²) in [6.45, 7) is 4.76. The standard InChI is InChI=1S/C20H25NO2S/c1-3-20(4-2)15-18(17-11-7-5-8-12-17)16-21(20)24(22,23)19-13-9-6-10-14-19/h5-14,18H,3-4,15-16H2,1-2H3. The average Bonchev–Trinajstić information content (AvgIpc) is 3.04. The zero-order chi connectivity index (χ0) is 17.2. The summed E-state index contributed by atoms with van der Waals surface area (Å²) in [7, 11) is -3.48. The van der Waals surface area contributed by atoms with Crippen LogP contribution in [0.15, 0.2) is 65.6 Å². The largest absolute Gasteiger partial charge is 0.243 e. The Morgan fingerprint density at radius 3 is 2.04 bits per heavy atom. The molecule has 2 aromatic rings. The molecule has 0 bridgehead atoms. The Balaban J connectivity index is 2.02. The van der Waals surface area contributed by atoms with E-state index in [1.807, 2.05) is 24.3 Å². The van der Waals surface area contributed by atoms with Crippen molar-refractivity contribution in [2.24, 2.45) is 0 Å². The molecular formula is C20H25NO2S. The first-order valence-corrected chi connectivity index (χ1v) is 10.1. The predicted molar refractivity (Wildman–Crippen MR) is 97.4 cm³/mol. The van der Waals surface area contributed by atoms with Crippen LogP contribution in [0.25, 0.3) is 0 Å². The minimum absolute atomic E-state index is 0.254. The summed E-state index contributed by atoms with van der Waals surface area (Å²) in [5.74, 6) is 0.254. The first-order chi connectivity index (χ1) is 11.5. The summed E-state index contributed by atoms with van der Waals surface area (Å²) >= 11 is 0. The molecule has 0 saturated carbocycles. The molecule has 1 aliphatic rings. The van der Waals surface area contributed by atoms with Gasteiger partial charge in [-0.25, -0.2) is 8.42 Å². The highest BCUT2D eigenvalue weighted by molar-refractivity contribution is 7.89. The van der Waals surface area contributed by atoms with Crippen molar-refractivity contribution < 1.29 is 8.42 Å². The van der Waals surface area contributed by atoms with Crippen LogP contribution in [-0.2, 0) is 10.0 Å². The van der Waals surface area contributed by atoms with Gasteiger partial charge in [0.1, 0.15) is 0 Å². The lowest BCUT2D eigenvalue weighted by Crippen LogP contribution is -2.46. The number of sulfonamides is 1. The summed E-state index contributed by atoms with van der Waals surface area (Å²) in [5.41, 5.74) is 0.935. The number of hydrogen-bond donors (Lipinski definition) is 0. The molecule has 128 valence electrons. The molecule has 1 fully saturated rings. The molecule has 3 rings (SSSR count). The average molecular weight is 343 g/mol. The Hall–Kier alpha value is -1.65. The summed E-state index contributed by atoms with van der Waals surface area (Å²) in [5, 5.41) is 0. The fourth-order valence-electron chi connectivity index (χ4n) is 3.93. The zero-order valence-corrected chi connectivity index (χ0v) is 15.2. The number of nitrogens with zero attached hydrogens (tertiary/aromatic N) is 1. The maximum absolute atomic E-state index is 13.3. The zero-order valence-electron chi connectivity index (χ0n) is 14.4. The van der Waals surface area contributed by atoms with Gasteiger partial charge in [0.25, 0.3) is 0 Å². The summed E-state index contributed by atoms with van der Waals surface area (Å²) in [6, 6.07) is 19.1. The molecule has 0 N–H and O–H groups in total. The fraction of sp³-hybridized carbons (Fsp3) is 0.400. The maximum atomic E-state index is 13.3. The van der Waals surface area contributed by atoms with Crippen molar-refractivity contribution >= 4 is 10.0 Å². The van der Waals surface area contributed by atoms with Crippen molar-refractivity contribution in [1.82, 2.24) is 4.31 Å². The second-order valence-corrected chi connectivity index (χ2v) is 8.45. The van der Waals surface area contributed by atoms with Crippen molar-refractivity contribution in [2.45, 2.75) is 49.5 Å². The van der Waals surface area contributed by atoms with E-state index in [9.17, 15) is 8.42 Å². The van der Waals surface area contributed by atoms with Gasteiger partial charge in [0.05, 0.1) is 4.90 Å². The predicted octanol–water partition coefficient (Wildman–Crippen LogP) is 4.42. The Morgan fingerprint density at radius 1 is 0.958 bits per heavy atom. The molecule has 3 nitrogen and oxygen atoms in total. The van der Waals surface area contributed by atoms with Crippen molar-refractivity contribution in [3.63, 3.8) is 0 Å². The Kier molecular flexibility index (Phi) is 4.79. The first kappa shape index (κ1) is 17.2. The first-order valence-electron chi connectivity index (χ1n) is 8.66. The second kappa shape index (κ2) is 6.69. The van der Waals surface area contributed by atoms with Crippen LogP contribution in [0.2, 0.25) is 0 Å². The summed E-state index contributed by atoms with van der Waals surface area (Å²) < 4.78 is 28.3. The minimum atomic E-state index is -3.48. The second-order valence-electron chi connectivity index (χ2n) is 6.59. The molecule has 2 aromatic carbocycles. The SMILES string of the molecule is CCC1(CC)CC(c2ccccc2)CN1S(=O)(=O)c1ccccc1. The third kappa shape index (κ3) is 2.89. The van der Waals surface area contributed by atoms with E-state index in [0.29, 0.717) is 11.4 Å². The van der Waals surface area contributed by atoms with Crippen LogP contribution in [0.1, 0.15) is 44.6 Å². The van der Waals surface area contributed by atoms with Gasteiger partial charge in [0.15, 0.2) is 0 Å². The van der Waals surface area contributed by atoms with Gasteiger partial charge in [-0.3, -0.25) is 0 Å². The fourth-order valence-corrected chi connectivity index (χ4v) is 5.91. The summed E-state index contributed by atoms with van der Waals surface area (Å²) in [4.78, 5) is 0.394. The molecule has 0 amide bonds. The van der Waals surface area contributed by atoms with E-state index >= 15 is 0 Å². The number of rotatable bonds is 5. The van der Waals surface area contributed by atoms with E-state index in [1.165, 1.54) is 5.56 Å². The van der Waals surface area contributed by atoms with Gasteiger partial charge < -0.3 is 0 Å². The van der Waals surface area contributed by atoms with Gasteiger partial charge in [-0.1, -0.05) is 62.4 Å². The lowest BCUT2D eigenvalue weighted by Gasteiger charge is -2.36. The maximum Gasteiger partial charge on any atom is 0.243 e. The molecular weight excluding hydrogens is 318 g/mol. The molecule has 1 atom stereocenters. The van der Waals surface area contributed by atoms with Crippen molar-refractivity contribution in [2.75, 3.05) is 6.54 Å². The monoisotopic (exact) mass is 343 g/mol. The van der Waals surface area contributed by atoms with Crippen molar-refractivity contribution in [3.05, 3.63) is 66.2 Å². The lowest BCUT2D eigenvalue weighted by atomic mass is 9.85. The van der Waals surface area contributed by atoms with Gasteiger partial charge in [0.2, 0.25) is 10.0 Å². The molecule has 1 aliphatic heterocycles. The topological polar surface area (TPSA) is 37.4 Å². The molecule has 24 heavy (non-hydrogen) atoms. The number of hydrogen-bond acceptors (Lipinski definition) is 2. The summed E-state index contributed by atoms with van der Waals surface area (Å²) in [6.07, 6.45) is 2.55. The van der Waals surface area contributed by atoms with Gasteiger partial charge in [-0.15, -0.1) is 0 Å². The molecule has 1 saturated heterocycles. The van der Waals surface area contributed by atoms with Crippen LogP contribution < -0.4 is 0 Å².